The lowest BCUT2D eigenvalue weighted by Crippen LogP contribution is -2.31. The summed E-state index contributed by atoms with van der Waals surface area (Å²) in [5.41, 5.74) is 0.817. The fourth-order valence-electron chi connectivity index (χ4n) is 1.76. The van der Waals surface area contributed by atoms with Gasteiger partial charge in [0.15, 0.2) is 0 Å². The molecule has 82 valence electrons. The van der Waals surface area contributed by atoms with Crippen molar-refractivity contribution in [2.45, 2.75) is 18.6 Å². The van der Waals surface area contributed by atoms with Crippen LogP contribution in [0.3, 0.4) is 0 Å². The summed E-state index contributed by atoms with van der Waals surface area (Å²) in [5, 5.41) is 13.7. The van der Waals surface area contributed by atoms with Crippen LogP contribution in [0.4, 0.5) is 0 Å². The maximum absolute atomic E-state index is 9.97. The van der Waals surface area contributed by atoms with Gasteiger partial charge >= 0.3 is 0 Å². The molecule has 1 aromatic rings. The van der Waals surface area contributed by atoms with Crippen molar-refractivity contribution in [2.24, 2.45) is 0 Å². The molecule has 3 nitrogen and oxygen atoms in total. The van der Waals surface area contributed by atoms with E-state index in [4.69, 9.17) is 16.3 Å². The van der Waals surface area contributed by atoms with E-state index in [1.165, 1.54) is 0 Å². The summed E-state index contributed by atoms with van der Waals surface area (Å²) in [6, 6.07) is 5.51. The van der Waals surface area contributed by atoms with E-state index in [9.17, 15) is 5.11 Å². The number of hydrogen-bond acceptors (Lipinski definition) is 3. The molecular weight excluding hydrogens is 214 g/mol. The number of rotatable bonds is 1. The second kappa shape index (κ2) is 4.39. The summed E-state index contributed by atoms with van der Waals surface area (Å²) >= 11 is 5.87. The van der Waals surface area contributed by atoms with Crippen LogP contribution in [0.1, 0.15) is 18.1 Å². The number of hydrogen-bond donors (Lipinski definition) is 2. The Kier molecular flexibility index (Phi) is 3.14. The molecule has 0 aliphatic carbocycles. The Morgan fingerprint density at radius 1 is 1.53 bits per heavy atom. The molecule has 0 aromatic heterocycles. The highest BCUT2D eigenvalue weighted by molar-refractivity contribution is 6.30. The Balaban J connectivity index is 2.30. The third-order valence-corrected chi connectivity index (χ3v) is 2.93. The lowest BCUT2D eigenvalue weighted by molar-refractivity contribution is 0.153. The minimum Gasteiger partial charge on any atom is -0.492 e. The highest BCUT2D eigenvalue weighted by Crippen LogP contribution is 2.33. The molecule has 1 aliphatic heterocycles. The summed E-state index contributed by atoms with van der Waals surface area (Å²) < 4.78 is 5.60. The van der Waals surface area contributed by atoms with Crippen LogP contribution in [0, 0.1) is 0 Å². The molecule has 0 saturated heterocycles. The van der Waals surface area contributed by atoms with Crippen molar-refractivity contribution in [3.8, 4) is 5.75 Å². The molecule has 0 fully saturated rings. The number of fused-ring (bicyclic) bond motifs is 1. The van der Waals surface area contributed by atoms with E-state index in [0.717, 1.165) is 5.56 Å². The third kappa shape index (κ3) is 2.25. The van der Waals surface area contributed by atoms with Gasteiger partial charge in [-0.3, -0.25) is 0 Å². The maximum Gasteiger partial charge on any atom is 0.126 e. The van der Waals surface area contributed by atoms with Gasteiger partial charge in [-0.05, 0) is 25.6 Å². The Bertz CT molecular complexity index is 356. The fourth-order valence-corrected chi connectivity index (χ4v) is 1.93. The van der Waals surface area contributed by atoms with Gasteiger partial charge in [0.2, 0.25) is 0 Å². The SMILES string of the molecule is CNC1COc2cc(Cl)ccc2C(O)C1. The predicted octanol–water partition coefficient (Wildman–Crippen LogP) is 1.74. The Morgan fingerprint density at radius 3 is 3.07 bits per heavy atom. The minimum atomic E-state index is -0.489. The molecule has 0 amide bonds. The normalized spacial score (nSPS) is 25.3. The molecule has 2 unspecified atom stereocenters. The average Bonchev–Trinajstić information content (AvgIpc) is 2.38. The molecule has 2 rings (SSSR count). The zero-order valence-corrected chi connectivity index (χ0v) is 9.29. The number of halogens is 1. The summed E-state index contributed by atoms with van der Waals surface area (Å²) in [4.78, 5) is 0. The van der Waals surface area contributed by atoms with E-state index in [-0.39, 0.29) is 6.04 Å². The number of aliphatic hydroxyl groups is 1. The Morgan fingerprint density at radius 2 is 2.33 bits per heavy atom. The molecule has 2 atom stereocenters. The van der Waals surface area contributed by atoms with Gasteiger partial charge in [0, 0.05) is 16.6 Å². The van der Waals surface area contributed by atoms with Gasteiger partial charge < -0.3 is 15.2 Å². The molecule has 1 aliphatic rings. The van der Waals surface area contributed by atoms with Gasteiger partial charge in [0.25, 0.3) is 0 Å². The van der Waals surface area contributed by atoms with Crippen molar-refractivity contribution in [3.05, 3.63) is 28.8 Å². The highest BCUT2D eigenvalue weighted by atomic mass is 35.5. The zero-order chi connectivity index (χ0) is 10.8. The smallest absolute Gasteiger partial charge is 0.126 e. The van der Waals surface area contributed by atoms with Crippen molar-refractivity contribution in [2.75, 3.05) is 13.7 Å². The van der Waals surface area contributed by atoms with E-state index in [1.807, 2.05) is 13.1 Å². The summed E-state index contributed by atoms with van der Waals surface area (Å²) in [5.74, 6) is 0.688. The topological polar surface area (TPSA) is 41.5 Å². The molecule has 0 radical (unpaired) electrons. The molecule has 1 heterocycles. The molecule has 15 heavy (non-hydrogen) atoms. The van der Waals surface area contributed by atoms with Crippen LogP contribution in [0.2, 0.25) is 5.02 Å². The quantitative estimate of drug-likeness (QED) is 0.768. The molecule has 1 aromatic carbocycles. The first-order valence-corrected chi connectivity index (χ1v) is 5.36. The fraction of sp³-hybridized carbons (Fsp3) is 0.455. The van der Waals surface area contributed by atoms with Crippen LogP contribution in [-0.4, -0.2) is 24.8 Å². The van der Waals surface area contributed by atoms with Crippen LogP contribution >= 0.6 is 11.6 Å². The predicted molar refractivity (Wildman–Crippen MR) is 59.4 cm³/mol. The lowest BCUT2D eigenvalue weighted by atomic mass is 10.0. The van der Waals surface area contributed by atoms with Crippen molar-refractivity contribution < 1.29 is 9.84 Å². The number of benzene rings is 1. The molecular formula is C11H14ClNO2. The second-order valence-corrected chi connectivity index (χ2v) is 4.17. The first kappa shape index (κ1) is 10.7. The number of aliphatic hydroxyl groups excluding tert-OH is 1. The van der Waals surface area contributed by atoms with Gasteiger partial charge in [0.05, 0.1) is 6.10 Å². The summed E-state index contributed by atoms with van der Waals surface area (Å²) in [7, 11) is 1.86. The zero-order valence-electron chi connectivity index (χ0n) is 8.53. The minimum absolute atomic E-state index is 0.172. The number of nitrogens with one attached hydrogen (secondary N) is 1. The standard InChI is InChI=1S/C11H14ClNO2/c1-13-8-5-10(14)9-3-2-7(12)4-11(9)15-6-8/h2-4,8,10,13-14H,5-6H2,1H3. The summed E-state index contributed by atoms with van der Waals surface area (Å²) in [6.45, 7) is 0.556. The number of ether oxygens (including phenoxy) is 1. The van der Waals surface area contributed by atoms with Gasteiger partial charge in [0.1, 0.15) is 12.4 Å². The number of likely N-dealkylation sites (N-methyl/N-ethyl adjacent to an activating group) is 1. The van der Waals surface area contributed by atoms with Crippen LogP contribution < -0.4 is 10.1 Å². The molecule has 0 saturated carbocycles. The van der Waals surface area contributed by atoms with Crippen molar-refractivity contribution >= 4 is 11.6 Å². The first-order valence-electron chi connectivity index (χ1n) is 4.98. The van der Waals surface area contributed by atoms with Crippen molar-refractivity contribution in [1.29, 1.82) is 0 Å². The van der Waals surface area contributed by atoms with Crippen molar-refractivity contribution in [3.63, 3.8) is 0 Å². The first-order chi connectivity index (χ1) is 7.20. The van der Waals surface area contributed by atoms with Crippen LogP contribution in [0.25, 0.3) is 0 Å². The van der Waals surface area contributed by atoms with E-state index in [1.54, 1.807) is 12.1 Å². The van der Waals surface area contributed by atoms with Gasteiger partial charge in [-0.1, -0.05) is 17.7 Å². The largest absolute Gasteiger partial charge is 0.492 e. The van der Waals surface area contributed by atoms with Gasteiger partial charge in [-0.25, -0.2) is 0 Å². The van der Waals surface area contributed by atoms with Crippen LogP contribution in [0.5, 0.6) is 5.75 Å². The van der Waals surface area contributed by atoms with Gasteiger partial charge in [-0.15, -0.1) is 0 Å². The van der Waals surface area contributed by atoms with E-state index >= 15 is 0 Å². The third-order valence-electron chi connectivity index (χ3n) is 2.69. The average molecular weight is 228 g/mol. The van der Waals surface area contributed by atoms with E-state index < -0.39 is 6.10 Å². The van der Waals surface area contributed by atoms with E-state index in [0.29, 0.717) is 23.8 Å². The Hall–Kier alpha value is -0.770. The molecule has 4 heteroatoms. The van der Waals surface area contributed by atoms with E-state index in [2.05, 4.69) is 5.32 Å². The lowest BCUT2D eigenvalue weighted by Gasteiger charge is -2.14. The van der Waals surface area contributed by atoms with Gasteiger partial charge in [-0.2, -0.15) is 0 Å². The Labute approximate surface area is 94.0 Å². The van der Waals surface area contributed by atoms with Crippen LogP contribution in [0.15, 0.2) is 18.2 Å². The highest BCUT2D eigenvalue weighted by Gasteiger charge is 2.23. The second-order valence-electron chi connectivity index (χ2n) is 3.73. The monoisotopic (exact) mass is 227 g/mol. The van der Waals surface area contributed by atoms with Crippen LogP contribution in [-0.2, 0) is 0 Å². The maximum atomic E-state index is 9.97. The molecule has 2 N–H and O–H groups in total. The molecule has 0 spiro atoms. The van der Waals surface area contributed by atoms with Crippen molar-refractivity contribution in [1.82, 2.24) is 5.32 Å². The molecule has 0 bridgehead atoms. The summed E-state index contributed by atoms with van der Waals surface area (Å²) in [6.07, 6.45) is 0.169.